The summed E-state index contributed by atoms with van der Waals surface area (Å²) in [6, 6.07) is 12.4. The molecule has 0 amide bonds. The van der Waals surface area contributed by atoms with Crippen LogP contribution in [-0.2, 0) is 6.42 Å². The topological polar surface area (TPSA) is 71.8 Å². The molecule has 1 heterocycles. The SMILES string of the molecule is O=[N+]([O-])c1ccccc1C(Cl)Cc1ccc2nc[nH]c2c1. The van der Waals surface area contributed by atoms with E-state index in [0.717, 1.165) is 16.6 Å². The van der Waals surface area contributed by atoms with Crippen LogP contribution in [0.1, 0.15) is 16.5 Å². The van der Waals surface area contributed by atoms with Crippen molar-refractivity contribution in [3.05, 3.63) is 70.0 Å². The van der Waals surface area contributed by atoms with Gasteiger partial charge in [0.25, 0.3) is 5.69 Å². The zero-order chi connectivity index (χ0) is 14.8. The summed E-state index contributed by atoms with van der Waals surface area (Å²) in [5, 5.41) is 10.6. The summed E-state index contributed by atoms with van der Waals surface area (Å²) in [5.41, 5.74) is 3.41. The van der Waals surface area contributed by atoms with E-state index in [4.69, 9.17) is 11.6 Å². The lowest BCUT2D eigenvalue weighted by atomic mass is 10.0. The monoisotopic (exact) mass is 301 g/mol. The van der Waals surface area contributed by atoms with Gasteiger partial charge < -0.3 is 4.98 Å². The number of nitrogens with one attached hydrogen (secondary N) is 1. The fourth-order valence-electron chi connectivity index (χ4n) is 2.35. The maximum absolute atomic E-state index is 11.1. The second-order valence-electron chi connectivity index (χ2n) is 4.74. The first-order valence-corrected chi connectivity index (χ1v) is 6.88. The molecule has 0 aliphatic rings. The number of rotatable bonds is 4. The Morgan fingerprint density at radius 1 is 1.29 bits per heavy atom. The Hall–Kier alpha value is -2.40. The highest BCUT2D eigenvalue weighted by Crippen LogP contribution is 2.32. The minimum absolute atomic E-state index is 0.0557. The van der Waals surface area contributed by atoms with Crippen molar-refractivity contribution in [2.45, 2.75) is 11.8 Å². The third-order valence-corrected chi connectivity index (χ3v) is 3.76. The molecule has 6 heteroatoms. The van der Waals surface area contributed by atoms with Crippen molar-refractivity contribution in [3.8, 4) is 0 Å². The van der Waals surface area contributed by atoms with Gasteiger partial charge in [0.05, 0.1) is 27.7 Å². The lowest BCUT2D eigenvalue weighted by Gasteiger charge is -2.10. The summed E-state index contributed by atoms with van der Waals surface area (Å²) in [7, 11) is 0. The van der Waals surface area contributed by atoms with Gasteiger partial charge >= 0.3 is 0 Å². The van der Waals surface area contributed by atoms with Gasteiger partial charge in [-0.05, 0) is 24.1 Å². The Kier molecular flexibility index (Phi) is 3.58. The fourth-order valence-corrected chi connectivity index (χ4v) is 2.71. The number of nitrogens with zero attached hydrogens (tertiary/aromatic N) is 2. The molecule has 0 aliphatic carbocycles. The van der Waals surface area contributed by atoms with Gasteiger partial charge in [-0.2, -0.15) is 0 Å². The van der Waals surface area contributed by atoms with Crippen LogP contribution in [0.25, 0.3) is 11.0 Å². The molecule has 0 aliphatic heterocycles. The lowest BCUT2D eigenvalue weighted by Crippen LogP contribution is -2.01. The van der Waals surface area contributed by atoms with Crippen LogP contribution in [0.15, 0.2) is 48.8 Å². The molecule has 1 aromatic heterocycles. The van der Waals surface area contributed by atoms with E-state index in [0.29, 0.717) is 12.0 Å². The van der Waals surface area contributed by atoms with Gasteiger partial charge in [0.1, 0.15) is 0 Å². The van der Waals surface area contributed by atoms with Crippen LogP contribution < -0.4 is 0 Å². The van der Waals surface area contributed by atoms with Crippen LogP contribution in [0.2, 0.25) is 0 Å². The third kappa shape index (κ3) is 2.73. The fraction of sp³-hybridized carbons (Fsp3) is 0.133. The molecule has 1 unspecified atom stereocenters. The summed E-state index contributed by atoms with van der Waals surface area (Å²) >= 11 is 6.38. The van der Waals surface area contributed by atoms with Crippen LogP contribution in [0.3, 0.4) is 0 Å². The highest BCUT2D eigenvalue weighted by molar-refractivity contribution is 6.21. The zero-order valence-corrected chi connectivity index (χ0v) is 11.7. The van der Waals surface area contributed by atoms with Gasteiger partial charge in [-0.1, -0.05) is 24.3 Å². The number of H-pyrrole nitrogens is 1. The summed E-state index contributed by atoms with van der Waals surface area (Å²) in [6.07, 6.45) is 2.15. The zero-order valence-electron chi connectivity index (χ0n) is 11.0. The number of benzene rings is 2. The van der Waals surface area contributed by atoms with E-state index >= 15 is 0 Å². The molecule has 106 valence electrons. The number of nitro benzene ring substituents is 1. The third-order valence-electron chi connectivity index (χ3n) is 3.37. The van der Waals surface area contributed by atoms with Crippen LogP contribution in [-0.4, -0.2) is 14.9 Å². The van der Waals surface area contributed by atoms with E-state index in [1.54, 1.807) is 24.5 Å². The molecule has 1 atom stereocenters. The first-order valence-electron chi connectivity index (χ1n) is 6.44. The Morgan fingerprint density at radius 2 is 2.10 bits per heavy atom. The number of para-hydroxylation sites is 1. The van der Waals surface area contributed by atoms with E-state index in [9.17, 15) is 10.1 Å². The van der Waals surface area contributed by atoms with Crippen molar-refractivity contribution in [2.75, 3.05) is 0 Å². The van der Waals surface area contributed by atoms with E-state index < -0.39 is 10.3 Å². The van der Waals surface area contributed by atoms with Crippen molar-refractivity contribution in [1.82, 2.24) is 9.97 Å². The Labute approximate surface area is 125 Å². The Balaban J connectivity index is 1.89. The second-order valence-corrected chi connectivity index (χ2v) is 5.27. The number of aromatic amines is 1. The number of hydrogen-bond acceptors (Lipinski definition) is 3. The van der Waals surface area contributed by atoms with Gasteiger partial charge in [-0.3, -0.25) is 10.1 Å². The summed E-state index contributed by atoms with van der Waals surface area (Å²) < 4.78 is 0. The maximum atomic E-state index is 11.1. The molecule has 0 spiro atoms. The highest BCUT2D eigenvalue weighted by atomic mass is 35.5. The van der Waals surface area contributed by atoms with Gasteiger partial charge in [-0.25, -0.2) is 4.98 Å². The maximum Gasteiger partial charge on any atom is 0.274 e. The number of aromatic nitrogens is 2. The van der Waals surface area contributed by atoms with Crippen molar-refractivity contribution in [3.63, 3.8) is 0 Å². The van der Waals surface area contributed by atoms with Crippen molar-refractivity contribution in [2.24, 2.45) is 0 Å². The first kappa shape index (κ1) is 13.6. The summed E-state index contributed by atoms with van der Waals surface area (Å²) in [4.78, 5) is 17.8. The number of nitro groups is 1. The molecule has 0 radical (unpaired) electrons. The first-order chi connectivity index (χ1) is 10.1. The van der Waals surface area contributed by atoms with Gasteiger partial charge in [0.2, 0.25) is 0 Å². The van der Waals surface area contributed by atoms with Crippen molar-refractivity contribution in [1.29, 1.82) is 0 Å². The normalized spacial score (nSPS) is 12.4. The minimum atomic E-state index is -0.452. The quantitative estimate of drug-likeness (QED) is 0.450. The van der Waals surface area contributed by atoms with Gasteiger partial charge in [0.15, 0.2) is 0 Å². The average molecular weight is 302 g/mol. The molecular weight excluding hydrogens is 290 g/mol. The molecule has 3 rings (SSSR count). The van der Waals surface area contributed by atoms with Gasteiger partial charge in [-0.15, -0.1) is 11.6 Å². The Bertz CT molecular complexity index is 800. The van der Waals surface area contributed by atoms with Crippen LogP contribution in [0, 0.1) is 10.1 Å². The number of imidazole rings is 1. The molecule has 0 bridgehead atoms. The molecule has 1 N–H and O–H groups in total. The molecule has 3 aromatic rings. The van der Waals surface area contributed by atoms with Crippen LogP contribution in [0.4, 0.5) is 5.69 Å². The molecule has 0 saturated heterocycles. The molecule has 5 nitrogen and oxygen atoms in total. The van der Waals surface area contributed by atoms with Crippen molar-refractivity contribution < 1.29 is 4.92 Å². The van der Waals surface area contributed by atoms with Crippen molar-refractivity contribution >= 4 is 28.3 Å². The second kappa shape index (κ2) is 5.54. The molecular formula is C15H12ClN3O2. The molecule has 0 fully saturated rings. The smallest absolute Gasteiger partial charge is 0.274 e. The Morgan fingerprint density at radius 3 is 2.90 bits per heavy atom. The van der Waals surface area contributed by atoms with Crippen LogP contribution >= 0.6 is 11.6 Å². The predicted molar refractivity (Wildman–Crippen MR) is 81.5 cm³/mol. The van der Waals surface area contributed by atoms with E-state index in [-0.39, 0.29) is 5.69 Å². The largest absolute Gasteiger partial charge is 0.345 e. The summed E-state index contributed by atoms with van der Waals surface area (Å²) in [5.74, 6) is 0. The molecule has 2 aromatic carbocycles. The summed E-state index contributed by atoms with van der Waals surface area (Å²) in [6.45, 7) is 0. The van der Waals surface area contributed by atoms with Crippen LogP contribution in [0.5, 0.6) is 0 Å². The van der Waals surface area contributed by atoms with Gasteiger partial charge in [0, 0.05) is 11.6 Å². The number of alkyl halides is 1. The average Bonchev–Trinajstić information content (AvgIpc) is 2.94. The molecule has 0 saturated carbocycles. The molecule has 21 heavy (non-hydrogen) atoms. The minimum Gasteiger partial charge on any atom is -0.345 e. The van der Waals surface area contributed by atoms with E-state index in [1.165, 1.54) is 6.07 Å². The lowest BCUT2D eigenvalue weighted by molar-refractivity contribution is -0.385. The van der Waals surface area contributed by atoms with E-state index in [1.807, 2.05) is 18.2 Å². The standard InChI is InChI=1S/C15H12ClN3O2/c16-12(11-3-1-2-4-15(11)19(20)21)7-10-5-6-13-14(8-10)18-9-17-13/h1-6,8-9,12H,7H2,(H,17,18). The highest BCUT2D eigenvalue weighted by Gasteiger charge is 2.20. The predicted octanol–water partition coefficient (Wildman–Crippen LogP) is 3.99. The number of fused-ring (bicyclic) bond motifs is 1. The van der Waals surface area contributed by atoms with E-state index in [2.05, 4.69) is 9.97 Å². The number of halogens is 1. The number of hydrogen-bond donors (Lipinski definition) is 1.